The molecule has 0 N–H and O–H groups in total. The van der Waals surface area contributed by atoms with Gasteiger partial charge in [0, 0.05) is 11.1 Å². The van der Waals surface area contributed by atoms with E-state index in [1.54, 1.807) is 18.2 Å². The molecule has 0 radical (unpaired) electrons. The van der Waals surface area contributed by atoms with Crippen LogP contribution in [0.15, 0.2) is 97.1 Å². The number of rotatable bonds is 4. The molecule has 29 heavy (non-hydrogen) atoms. The molecule has 0 fully saturated rings. The minimum Gasteiger partial charge on any atom is -0.455 e. The number of ether oxygens (including phenoxy) is 1. The second kappa shape index (κ2) is 8.13. The molecule has 3 nitrogen and oxygen atoms in total. The molecule has 0 heterocycles. The van der Waals surface area contributed by atoms with Gasteiger partial charge in [0.05, 0.1) is 5.56 Å². The lowest BCUT2D eigenvalue weighted by Crippen LogP contribution is -1.96. The van der Waals surface area contributed by atoms with Crippen LogP contribution >= 0.6 is 0 Å². The molecule has 0 aliphatic rings. The van der Waals surface area contributed by atoms with Crippen molar-refractivity contribution in [2.75, 3.05) is 0 Å². The number of hydrogen-bond acceptors (Lipinski definition) is 3. The van der Waals surface area contributed by atoms with Crippen LogP contribution < -0.4 is 4.74 Å². The molecule has 0 bridgehead atoms. The van der Waals surface area contributed by atoms with Crippen LogP contribution in [0.2, 0.25) is 0 Å². The van der Waals surface area contributed by atoms with Crippen LogP contribution in [-0.2, 0) is 0 Å². The van der Waals surface area contributed by atoms with Gasteiger partial charge in [0.2, 0.25) is 0 Å². The van der Waals surface area contributed by atoms with Gasteiger partial charge in [-0.05, 0) is 23.3 Å². The summed E-state index contributed by atoms with van der Waals surface area (Å²) in [7, 11) is 0. The third-order valence-corrected chi connectivity index (χ3v) is 4.66. The lowest BCUT2D eigenvalue weighted by molar-refractivity contribution is 0.484. The number of nitrogens with zero attached hydrogens (tertiary/aromatic N) is 2. The van der Waals surface area contributed by atoms with Crippen LogP contribution in [-0.4, -0.2) is 0 Å². The lowest BCUT2D eigenvalue weighted by Gasteiger charge is -2.17. The van der Waals surface area contributed by atoms with E-state index < -0.39 is 0 Å². The molecular weight excluding hydrogens is 356 g/mol. The summed E-state index contributed by atoms with van der Waals surface area (Å²) < 4.78 is 6.34. The first-order valence-electron chi connectivity index (χ1n) is 9.16. The molecule has 0 spiro atoms. The highest BCUT2D eigenvalue weighted by atomic mass is 16.5. The maximum absolute atomic E-state index is 9.60. The minimum atomic E-state index is 0.233. The van der Waals surface area contributed by atoms with E-state index >= 15 is 0 Å². The second-order valence-corrected chi connectivity index (χ2v) is 6.42. The van der Waals surface area contributed by atoms with Crippen LogP contribution in [0.5, 0.6) is 11.5 Å². The van der Waals surface area contributed by atoms with Gasteiger partial charge < -0.3 is 4.74 Å². The molecule has 0 unspecified atom stereocenters. The van der Waals surface area contributed by atoms with Crippen molar-refractivity contribution < 1.29 is 4.74 Å². The van der Waals surface area contributed by atoms with Crippen molar-refractivity contribution in [3.63, 3.8) is 0 Å². The maximum atomic E-state index is 9.60. The number of hydrogen-bond donors (Lipinski definition) is 0. The zero-order valence-corrected chi connectivity index (χ0v) is 15.5. The zero-order valence-electron chi connectivity index (χ0n) is 15.5. The molecule has 3 heteroatoms. The van der Waals surface area contributed by atoms with E-state index in [0.29, 0.717) is 17.1 Å². The molecule has 0 saturated heterocycles. The number of para-hydroxylation sites is 1. The summed E-state index contributed by atoms with van der Waals surface area (Å²) in [5.74, 6) is 1.02. The van der Waals surface area contributed by atoms with E-state index in [1.165, 1.54) is 0 Å². The number of nitriles is 2. The van der Waals surface area contributed by atoms with Crippen molar-refractivity contribution in [3.05, 3.63) is 108 Å². The first-order chi connectivity index (χ1) is 14.3. The van der Waals surface area contributed by atoms with E-state index in [1.807, 2.05) is 78.9 Å². The van der Waals surface area contributed by atoms with Crippen molar-refractivity contribution >= 4 is 0 Å². The molecule has 0 aliphatic carbocycles. The topological polar surface area (TPSA) is 56.8 Å². The van der Waals surface area contributed by atoms with E-state index in [2.05, 4.69) is 12.1 Å². The fourth-order valence-corrected chi connectivity index (χ4v) is 3.27. The normalized spacial score (nSPS) is 10.0. The van der Waals surface area contributed by atoms with Gasteiger partial charge in [0.1, 0.15) is 29.2 Å². The second-order valence-electron chi connectivity index (χ2n) is 6.42. The highest BCUT2D eigenvalue weighted by molar-refractivity contribution is 5.83. The summed E-state index contributed by atoms with van der Waals surface area (Å²) in [6.45, 7) is 0. The maximum Gasteiger partial charge on any atom is 0.146 e. The fourth-order valence-electron chi connectivity index (χ4n) is 3.27. The predicted octanol–water partition coefficient (Wildman–Crippen LogP) is 6.56. The van der Waals surface area contributed by atoms with Crippen molar-refractivity contribution in [1.82, 2.24) is 0 Å². The molecule has 0 aromatic heterocycles. The first-order valence-corrected chi connectivity index (χ1v) is 9.16. The summed E-state index contributed by atoms with van der Waals surface area (Å²) in [6.07, 6.45) is 0. The van der Waals surface area contributed by atoms with Crippen molar-refractivity contribution in [1.29, 1.82) is 10.5 Å². The van der Waals surface area contributed by atoms with Crippen molar-refractivity contribution in [3.8, 4) is 45.9 Å². The Labute approximate surface area is 169 Å². The van der Waals surface area contributed by atoms with Crippen LogP contribution in [0.25, 0.3) is 22.3 Å². The molecule has 4 aromatic rings. The SMILES string of the molecule is N#Cc1cccc(Oc2c(-c3ccccc3)cccc2-c2ccccc2)c1C#N. The van der Waals surface area contributed by atoms with Crippen LogP contribution in [0.1, 0.15) is 11.1 Å². The van der Waals surface area contributed by atoms with E-state index in [-0.39, 0.29) is 5.56 Å². The van der Waals surface area contributed by atoms with Gasteiger partial charge in [-0.15, -0.1) is 0 Å². The smallest absolute Gasteiger partial charge is 0.146 e. The monoisotopic (exact) mass is 372 g/mol. The minimum absolute atomic E-state index is 0.233. The largest absolute Gasteiger partial charge is 0.455 e. The third-order valence-electron chi connectivity index (χ3n) is 4.66. The fraction of sp³-hybridized carbons (Fsp3) is 0. The molecule has 0 saturated carbocycles. The molecule has 4 rings (SSSR count). The van der Waals surface area contributed by atoms with Crippen LogP contribution in [0.3, 0.4) is 0 Å². The number of benzene rings is 4. The van der Waals surface area contributed by atoms with Gasteiger partial charge in [0.15, 0.2) is 0 Å². The average molecular weight is 372 g/mol. The summed E-state index contributed by atoms with van der Waals surface area (Å²) >= 11 is 0. The standard InChI is InChI=1S/C26H16N2O/c27-17-21-13-7-16-25(24(21)18-28)29-26-22(19-9-3-1-4-10-19)14-8-15-23(26)20-11-5-2-6-12-20/h1-16H. The summed E-state index contributed by atoms with van der Waals surface area (Å²) in [5, 5.41) is 18.9. The molecule has 0 aliphatic heterocycles. The molecular formula is C26H16N2O. The van der Waals surface area contributed by atoms with E-state index in [9.17, 15) is 10.5 Å². The Morgan fingerprint density at radius 3 is 1.62 bits per heavy atom. The lowest BCUT2D eigenvalue weighted by atomic mass is 9.97. The summed E-state index contributed by atoms with van der Waals surface area (Å²) in [4.78, 5) is 0. The Kier molecular flexibility index (Phi) is 5.06. The van der Waals surface area contributed by atoms with Gasteiger partial charge in [0.25, 0.3) is 0 Å². The molecule has 0 atom stereocenters. The Morgan fingerprint density at radius 1 is 0.552 bits per heavy atom. The Hall–Kier alpha value is -4.34. The Balaban J connectivity index is 1.94. The predicted molar refractivity (Wildman–Crippen MR) is 113 cm³/mol. The summed E-state index contributed by atoms with van der Waals surface area (Å²) in [5.41, 5.74) is 4.38. The van der Waals surface area contributed by atoms with Crippen molar-refractivity contribution in [2.45, 2.75) is 0 Å². The van der Waals surface area contributed by atoms with Crippen LogP contribution in [0.4, 0.5) is 0 Å². The molecule has 0 amide bonds. The van der Waals surface area contributed by atoms with E-state index in [0.717, 1.165) is 22.3 Å². The molecule has 4 aromatic carbocycles. The van der Waals surface area contributed by atoms with Gasteiger partial charge in [-0.2, -0.15) is 10.5 Å². The highest BCUT2D eigenvalue weighted by Gasteiger charge is 2.17. The molecule has 136 valence electrons. The van der Waals surface area contributed by atoms with Gasteiger partial charge in [-0.1, -0.05) is 84.9 Å². The van der Waals surface area contributed by atoms with Gasteiger partial charge in [-0.3, -0.25) is 0 Å². The van der Waals surface area contributed by atoms with Gasteiger partial charge >= 0.3 is 0 Å². The third kappa shape index (κ3) is 3.58. The highest BCUT2D eigenvalue weighted by Crippen LogP contribution is 2.42. The first kappa shape index (κ1) is 18.0. The Morgan fingerprint density at radius 2 is 1.10 bits per heavy atom. The summed E-state index contributed by atoms with van der Waals surface area (Å²) in [6, 6.07) is 35.2. The van der Waals surface area contributed by atoms with Crippen molar-refractivity contribution in [2.24, 2.45) is 0 Å². The van der Waals surface area contributed by atoms with Gasteiger partial charge in [-0.25, -0.2) is 0 Å². The average Bonchev–Trinajstić information content (AvgIpc) is 2.80. The van der Waals surface area contributed by atoms with E-state index in [4.69, 9.17) is 4.74 Å². The quantitative estimate of drug-likeness (QED) is 0.408. The Bertz CT molecular complexity index is 1180. The zero-order chi connectivity index (χ0) is 20.1. The van der Waals surface area contributed by atoms with Crippen LogP contribution in [0, 0.1) is 22.7 Å².